The minimum atomic E-state index is -0.440. The van der Waals surface area contributed by atoms with E-state index >= 15 is 0 Å². The van der Waals surface area contributed by atoms with Gasteiger partial charge in [0.25, 0.3) is 5.91 Å². The lowest BCUT2D eigenvalue weighted by atomic mass is 10.2. The standard InChI is InChI=1S/C25H29N3O5S/c1-4-6-7-13-33-20-10-8-9-18(14-20)24(31)27-25-28(16-23(30)32-5-2)21-12-11-19(26-17(3)29)15-22(21)34-25/h8-12,14-15H,4-7,13,16H2,1-3H3,(H,26,29). The number of benzene rings is 2. The van der Waals surface area contributed by atoms with Crippen LogP contribution in [-0.4, -0.2) is 35.6 Å². The quantitative estimate of drug-likeness (QED) is 0.337. The maximum Gasteiger partial charge on any atom is 0.326 e. The maximum absolute atomic E-state index is 13.0. The topological polar surface area (TPSA) is 99.0 Å². The Morgan fingerprint density at radius 2 is 1.91 bits per heavy atom. The fraction of sp³-hybridized carbons (Fsp3) is 0.360. The van der Waals surface area contributed by atoms with Crippen LogP contribution in [0.15, 0.2) is 47.5 Å². The van der Waals surface area contributed by atoms with Crippen molar-refractivity contribution in [3.05, 3.63) is 52.8 Å². The summed E-state index contributed by atoms with van der Waals surface area (Å²) in [6.07, 6.45) is 3.15. The predicted octanol–water partition coefficient (Wildman–Crippen LogP) is 4.53. The highest BCUT2D eigenvalue weighted by atomic mass is 32.1. The average molecular weight is 484 g/mol. The van der Waals surface area contributed by atoms with Crippen molar-refractivity contribution in [3.63, 3.8) is 0 Å². The molecule has 0 aliphatic carbocycles. The summed E-state index contributed by atoms with van der Waals surface area (Å²) in [5.74, 6) is -0.435. The largest absolute Gasteiger partial charge is 0.494 e. The van der Waals surface area contributed by atoms with Crippen LogP contribution >= 0.6 is 11.3 Å². The summed E-state index contributed by atoms with van der Waals surface area (Å²) in [5, 5.41) is 2.74. The second kappa shape index (κ2) is 12.1. The molecule has 1 aromatic heterocycles. The van der Waals surface area contributed by atoms with Gasteiger partial charge in [-0.3, -0.25) is 14.4 Å². The Kier molecular flexibility index (Phi) is 8.98. The highest BCUT2D eigenvalue weighted by Crippen LogP contribution is 2.22. The van der Waals surface area contributed by atoms with Crippen molar-refractivity contribution < 1.29 is 23.9 Å². The van der Waals surface area contributed by atoms with E-state index in [0.717, 1.165) is 24.0 Å². The van der Waals surface area contributed by atoms with Crippen molar-refractivity contribution in [2.45, 2.75) is 46.6 Å². The molecular weight excluding hydrogens is 454 g/mol. The van der Waals surface area contributed by atoms with Gasteiger partial charge in [-0.25, -0.2) is 0 Å². The van der Waals surface area contributed by atoms with Gasteiger partial charge in [0.2, 0.25) is 5.91 Å². The summed E-state index contributed by atoms with van der Waals surface area (Å²) >= 11 is 1.26. The minimum Gasteiger partial charge on any atom is -0.494 e. The number of unbranched alkanes of at least 4 members (excludes halogenated alkanes) is 2. The van der Waals surface area contributed by atoms with Crippen LogP contribution < -0.4 is 14.9 Å². The first-order valence-electron chi connectivity index (χ1n) is 11.3. The van der Waals surface area contributed by atoms with Crippen molar-refractivity contribution >= 4 is 45.0 Å². The molecule has 0 aliphatic rings. The molecule has 1 heterocycles. The van der Waals surface area contributed by atoms with E-state index in [4.69, 9.17) is 9.47 Å². The fourth-order valence-corrected chi connectivity index (χ4v) is 4.41. The smallest absolute Gasteiger partial charge is 0.326 e. The van der Waals surface area contributed by atoms with Gasteiger partial charge in [-0.2, -0.15) is 4.99 Å². The number of carbonyl (C=O) groups is 3. The monoisotopic (exact) mass is 483 g/mol. The summed E-state index contributed by atoms with van der Waals surface area (Å²) < 4.78 is 13.3. The number of nitrogens with one attached hydrogen (secondary N) is 1. The molecule has 0 bridgehead atoms. The van der Waals surface area contributed by atoms with Gasteiger partial charge in [0.05, 0.1) is 23.4 Å². The molecule has 0 unspecified atom stereocenters. The molecule has 0 spiro atoms. The molecule has 3 aromatic rings. The lowest BCUT2D eigenvalue weighted by Crippen LogP contribution is -2.23. The Morgan fingerprint density at radius 1 is 1.09 bits per heavy atom. The number of hydrogen-bond donors (Lipinski definition) is 1. The number of anilines is 1. The molecular formula is C25H29N3O5S. The maximum atomic E-state index is 13.0. The summed E-state index contributed by atoms with van der Waals surface area (Å²) in [6, 6.07) is 12.2. The van der Waals surface area contributed by atoms with Crippen LogP contribution in [0.2, 0.25) is 0 Å². The summed E-state index contributed by atoms with van der Waals surface area (Å²) in [6.45, 7) is 6.06. The van der Waals surface area contributed by atoms with E-state index < -0.39 is 11.9 Å². The number of hydrogen-bond acceptors (Lipinski definition) is 6. The van der Waals surface area contributed by atoms with Gasteiger partial charge in [0.15, 0.2) is 4.80 Å². The zero-order valence-electron chi connectivity index (χ0n) is 19.6. The van der Waals surface area contributed by atoms with Crippen LogP contribution in [0.5, 0.6) is 5.75 Å². The number of carbonyl (C=O) groups excluding carboxylic acids is 3. The summed E-state index contributed by atoms with van der Waals surface area (Å²) in [5.41, 5.74) is 1.73. The molecule has 0 fully saturated rings. The highest BCUT2D eigenvalue weighted by Gasteiger charge is 2.14. The van der Waals surface area contributed by atoms with Crippen molar-refractivity contribution in [2.75, 3.05) is 18.5 Å². The van der Waals surface area contributed by atoms with E-state index in [9.17, 15) is 14.4 Å². The molecule has 0 atom stereocenters. The van der Waals surface area contributed by atoms with E-state index in [0.29, 0.717) is 33.9 Å². The molecule has 0 saturated heterocycles. The average Bonchev–Trinajstić information content (AvgIpc) is 3.12. The lowest BCUT2D eigenvalue weighted by molar-refractivity contribution is -0.143. The number of ether oxygens (including phenoxy) is 2. The third-order valence-electron chi connectivity index (χ3n) is 4.89. The third kappa shape index (κ3) is 6.77. The molecule has 1 N–H and O–H groups in total. The van der Waals surface area contributed by atoms with Crippen LogP contribution in [0.3, 0.4) is 0 Å². The van der Waals surface area contributed by atoms with Crippen LogP contribution in [0.1, 0.15) is 50.4 Å². The molecule has 34 heavy (non-hydrogen) atoms. The number of amides is 2. The number of thiazole rings is 1. The number of esters is 1. The predicted molar refractivity (Wildman–Crippen MR) is 132 cm³/mol. The van der Waals surface area contributed by atoms with Crippen LogP contribution in [0.25, 0.3) is 10.2 Å². The molecule has 180 valence electrons. The van der Waals surface area contributed by atoms with Crippen molar-refractivity contribution in [1.82, 2.24) is 4.57 Å². The van der Waals surface area contributed by atoms with Gasteiger partial charge in [-0.15, -0.1) is 0 Å². The van der Waals surface area contributed by atoms with Gasteiger partial charge < -0.3 is 19.4 Å². The third-order valence-corrected chi connectivity index (χ3v) is 5.93. The summed E-state index contributed by atoms with van der Waals surface area (Å²) in [4.78, 5) is 41.3. The van der Waals surface area contributed by atoms with Crippen LogP contribution in [0.4, 0.5) is 5.69 Å². The first-order chi connectivity index (χ1) is 16.4. The van der Waals surface area contributed by atoms with E-state index in [1.807, 2.05) is 6.07 Å². The molecule has 8 nitrogen and oxygen atoms in total. The summed E-state index contributed by atoms with van der Waals surface area (Å²) in [7, 11) is 0. The molecule has 9 heteroatoms. The first-order valence-corrected chi connectivity index (χ1v) is 12.1. The number of rotatable bonds is 10. The first kappa shape index (κ1) is 25.2. The zero-order valence-corrected chi connectivity index (χ0v) is 20.4. The molecule has 2 aromatic carbocycles. The number of fused-ring (bicyclic) bond motifs is 1. The Bertz CT molecular complexity index is 1240. The zero-order chi connectivity index (χ0) is 24.5. The molecule has 2 amide bonds. The molecule has 0 saturated carbocycles. The molecule has 0 aliphatic heterocycles. The van der Waals surface area contributed by atoms with Crippen molar-refractivity contribution in [2.24, 2.45) is 4.99 Å². The second-order valence-electron chi connectivity index (χ2n) is 7.64. The van der Waals surface area contributed by atoms with Crippen LogP contribution in [-0.2, 0) is 20.9 Å². The van der Waals surface area contributed by atoms with Gasteiger partial charge in [0.1, 0.15) is 12.3 Å². The van der Waals surface area contributed by atoms with Crippen molar-refractivity contribution in [1.29, 1.82) is 0 Å². The van der Waals surface area contributed by atoms with E-state index in [2.05, 4.69) is 17.2 Å². The second-order valence-corrected chi connectivity index (χ2v) is 8.65. The van der Waals surface area contributed by atoms with E-state index in [1.165, 1.54) is 18.3 Å². The van der Waals surface area contributed by atoms with E-state index in [-0.39, 0.29) is 19.1 Å². The molecule has 3 rings (SSSR count). The Balaban J connectivity index is 1.96. The number of aromatic nitrogens is 1. The molecule has 0 radical (unpaired) electrons. The number of nitrogens with zero attached hydrogens (tertiary/aromatic N) is 2. The SMILES string of the molecule is CCCCCOc1cccc(C(=O)N=c2sc3cc(NC(C)=O)ccc3n2CC(=O)OCC)c1. The minimum absolute atomic E-state index is 0.0833. The van der Waals surface area contributed by atoms with Gasteiger partial charge in [-0.05, 0) is 49.7 Å². The lowest BCUT2D eigenvalue weighted by Gasteiger charge is -2.07. The highest BCUT2D eigenvalue weighted by molar-refractivity contribution is 7.16. The Hall–Kier alpha value is -3.46. The van der Waals surface area contributed by atoms with Gasteiger partial charge in [-0.1, -0.05) is 37.2 Å². The fourth-order valence-electron chi connectivity index (χ4n) is 3.34. The van der Waals surface area contributed by atoms with Crippen molar-refractivity contribution in [3.8, 4) is 5.75 Å². The van der Waals surface area contributed by atoms with Gasteiger partial charge >= 0.3 is 5.97 Å². The van der Waals surface area contributed by atoms with Crippen LogP contribution in [0, 0.1) is 0 Å². The van der Waals surface area contributed by atoms with E-state index in [1.54, 1.807) is 47.9 Å². The normalized spacial score (nSPS) is 11.4. The Labute approximate surface area is 202 Å². The van der Waals surface area contributed by atoms with Gasteiger partial charge in [0, 0.05) is 18.2 Å². The Morgan fingerprint density at radius 3 is 2.65 bits per heavy atom.